The molecule has 1 aliphatic rings. The van der Waals surface area contributed by atoms with E-state index in [1.807, 2.05) is 13.8 Å². The quantitative estimate of drug-likeness (QED) is 0.349. The average molecular weight is 384 g/mol. The van der Waals surface area contributed by atoms with Crippen LogP contribution in [0.4, 0.5) is 5.69 Å². The number of rotatable bonds is 6. The molecule has 0 aromatic heterocycles. The van der Waals surface area contributed by atoms with Gasteiger partial charge in [0.15, 0.2) is 0 Å². The van der Waals surface area contributed by atoms with Crippen LogP contribution in [0.25, 0.3) is 0 Å². The van der Waals surface area contributed by atoms with Crippen LogP contribution in [-0.2, 0) is 9.53 Å². The van der Waals surface area contributed by atoms with Crippen LogP contribution in [0.5, 0.6) is 0 Å². The number of hydrazone groups is 1. The molecule has 0 aliphatic carbocycles. The number of esters is 1. The Labute approximate surface area is 164 Å². The van der Waals surface area contributed by atoms with Gasteiger partial charge in [0.1, 0.15) is 11.7 Å². The number of amides is 2. The monoisotopic (exact) mass is 384 g/mol. The Bertz CT molecular complexity index is 873. The van der Waals surface area contributed by atoms with Crippen molar-refractivity contribution in [3.63, 3.8) is 0 Å². The van der Waals surface area contributed by atoms with Crippen LogP contribution in [0.1, 0.15) is 68.2 Å². The predicted molar refractivity (Wildman–Crippen MR) is 104 cm³/mol. The summed E-state index contributed by atoms with van der Waals surface area (Å²) in [5.41, 5.74) is 2.02. The number of nitriles is 1. The molecule has 1 N–H and O–H groups in total. The molecule has 0 radical (unpaired) electrons. The second-order valence-electron chi connectivity index (χ2n) is 7.36. The lowest BCUT2D eigenvalue weighted by molar-refractivity contribution is -0.145. The molecule has 28 heavy (non-hydrogen) atoms. The van der Waals surface area contributed by atoms with E-state index in [1.54, 1.807) is 45.0 Å². The number of carbonyl (C=O) groups is 3. The van der Waals surface area contributed by atoms with Crippen LogP contribution in [0.15, 0.2) is 23.3 Å². The highest BCUT2D eigenvalue weighted by Gasteiger charge is 2.40. The highest BCUT2D eigenvalue weighted by molar-refractivity contribution is 6.43. The normalized spacial score (nSPS) is 14.2. The molecular formula is C20H24N4O4. The predicted octanol–water partition coefficient (Wildman–Crippen LogP) is 3.10. The van der Waals surface area contributed by atoms with E-state index in [0.717, 1.165) is 0 Å². The van der Waals surface area contributed by atoms with Crippen LogP contribution in [0.2, 0.25) is 0 Å². The Hall–Kier alpha value is -3.21. The smallest absolute Gasteiger partial charge is 0.370 e. The Kier molecular flexibility index (Phi) is 6.19. The number of imide groups is 1. The molecule has 1 heterocycles. The van der Waals surface area contributed by atoms with Gasteiger partial charge in [-0.25, -0.2) is 4.79 Å². The van der Waals surface area contributed by atoms with E-state index in [9.17, 15) is 19.6 Å². The van der Waals surface area contributed by atoms with Crippen molar-refractivity contribution in [3.05, 3.63) is 29.3 Å². The third kappa shape index (κ3) is 4.19. The average Bonchev–Trinajstić information content (AvgIpc) is 2.88. The number of benzene rings is 1. The number of fused-ring (bicyclic) bond motifs is 1. The summed E-state index contributed by atoms with van der Waals surface area (Å²) >= 11 is 0. The molecule has 0 atom stereocenters. The standard InChI is InChI=1S/C20H24N4O4/c1-6-12(7-2)24-17(25)13-9-8-10-14(16(13)18(24)26)22-23-15(11-21)19(27)28-20(3,4)5/h8-10,12,22H,6-7H2,1-5H3. The van der Waals surface area contributed by atoms with Gasteiger partial charge in [-0.1, -0.05) is 19.9 Å². The molecule has 1 aliphatic heterocycles. The van der Waals surface area contributed by atoms with E-state index in [-0.39, 0.29) is 28.8 Å². The van der Waals surface area contributed by atoms with Crippen LogP contribution in [0.3, 0.4) is 0 Å². The van der Waals surface area contributed by atoms with E-state index in [1.165, 1.54) is 4.90 Å². The van der Waals surface area contributed by atoms with Gasteiger partial charge in [0.05, 0.1) is 16.8 Å². The molecule has 0 saturated heterocycles. The van der Waals surface area contributed by atoms with Gasteiger partial charge in [-0.2, -0.15) is 10.4 Å². The Morgan fingerprint density at radius 2 is 1.89 bits per heavy atom. The van der Waals surface area contributed by atoms with Crippen molar-refractivity contribution in [1.82, 2.24) is 4.90 Å². The summed E-state index contributed by atoms with van der Waals surface area (Å²) in [6.45, 7) is 8.86. The first-order chi connectivity index (χ1) is 13.1. The zero-order valence-electron chi connectivity index (χ0n) is 16.7. The lowest BCUT2D eigenvalue weighted by Crippen LogP contribution is -2.39. The van der Waals surface area contributed by atoms with E-state index in [0.29, 0.717) is 12.8 Å². The van der Waals surface area contributed by atoms with Crippen molar-refractivity contribution in [2.24, 2.45) is 5.10 Å². The van der Waals surface area contributed by atoms with Crippen LogP contribution < -0.4 is 5.43 Å². The zero-order chi connectivity index (χ0) is 21.1. The summed E-state index contributed by atoms with van der Waals surface area (Å²) in [6, 6.07) is 6.23. The molecule has 0 fully saturated rings. The molecule has 0 unspecified atom stereocenters. The van der Waals surface area contributed by atoms with Crippen molar-refractivity contribution < 1.29 is 19.1 Å². The maximum absolute atomic E-state index is 12.9. The molecule has 2 amide bonds. The molecule has 0 saturated carbocycles. The third-order valence-corrected chi connectivity index (χ3v) is 4.24. The maximum atomic E-state index is 12.9. The van der Waals surface area contributed by atoms with Crippen molar-refractivity contribution >= 4 is 29.2 Å². The number of ether oxygens (including phenoxy) is 1. The molecule has 148 valence electrons. The molecule has 8 nitrogen and oxygen atoms in total. The minimum absolute atomic E-state index is 0.185. The third-order valence-electron chi connectivity index (χ3n) is 4.24. The minimum Gasteiger partial charge on any atom is -0.455 e. The summed E-state index contributed by atoms with van der Waals surface area (Å²) in [5.74, 6) is -1.65. The fourth-order valence-corrected chi connectivity index (χ4v) is 2.94. The number of hydrogen-bond acceptors (Lipinski definition) is 7. The van der Waals surface area contributed by atoms with Gasteiger partial charge in [-0.3, -0.25) is 19.9 Å². The topological polar surface area (TPSA) is 112 Å². The van der Waals surface area contributed by atoms with Gasteiger partial charge in [0.2, 0.25) is 5.71 Å². The Balaban J connectivity index is 2.35. The van der Waals surface area contributed by atoms with E-state index in [2.05, 4.69) is 10.5 Å². The molecule has 0 bridgehead atoms. The highest BCUT2D eigenvalue weighted by atomic mass is 16.6. The summed E-state index contributed by atoms with van der Waals surface area (Å²) < 4.78 is 5.13. The molecule has 0 spiro atoms. The largest absolute Gasteiger partial charge is 0.455 e. The van der Waals surface area contributed by atoms with Crippen molar-refractivity contribution in [3.8, 4) is 6.07 Å². The van der Waals surface area contributed by atoms with Gasteiger partial charge in [-0.05, 0) is 45.7 Å². The SMILES string of the molecule is CCC(CC)N1C(=O)c2cccc(NN=C(C#N)C(=O)OC(C)(C)C)c2C1=O. The highest BCUT2D eigenvalue weighted by Crippen LogP contribution is 2.32. The van der Waals surface area contributed by atoms with Crippen molar-refractivity contribution in [2.45, 2.75) is 59.1 Å². The second-order valence-corrected chi connectivity index (χ2v) is 7.36. The van der Waals surface area contributed by atoms with Gasteiger partial charge in [0, 0.05) is 6.04 Å². The van der Waals surface area contributed by atoms with E-state index < -0.39 is 23.2 Å². The fraction of sp³-hybridized carbons (Fsp3) is 0.450. The van der Waals surface area contributed by atoms with Crippen LogP contribution >= 0.6 is 0 Å². The van der Waals surface area contributed by atoms with Crippen molar-refractivity contribution in [2.75, 3.05) is 5.43 Å². The Morgan fingerprint density at radius 1 is 1.25 bits per heavy atom. The summed E-state index contributed by atoms with van der Waals surface area (Å²) in [7, 11) is 0. The lowest BCUT2D eigenvalue weighted by atomic mass is 10.1. The lowest BCUT2D eigenvalue weighted by Gasteiger charge is -2.23. The first-order valence-corrected chi connectivity index (χ1v) is 9.12. The molecular weight excluding hydrogens is 360 g/mol. The zero-order valence-corrected chi connectivity index (χ0v) is 16.7. The number of anilines is 1. The van der Waals surface area contributed by atoms with Crippen LogP contribution in [-0.4, -0.2) is 40.0 Å². The summed E-state index contributed by atoms with van der Waals surface area (Å²) in [5, 5.41) is 13.0. The molecule has 2 rings (SSSR count). The number of nitrogens with zero attached hydrogens (tertiary/aromatic N) is 3. The van der Waals surface area contributed by atoms with Gasteiger partial charge < -0.3 is 4.74 Å². The van der Waals surface area contributed by atoms with Crippen molar-refractivity contribution in [1.29, 1.82) is 5.26 Å². The fourth-order valence-electron chi connectivity index (χ4n) is 2.94. The summed E-state index contributed by atoms with van der Waals surface area (Å²) in [6.07, 6.45) is 1.31. The summed E-state index contributed by atoms with van der Waals surface area (Å²) in [4.78, 5) is 38.9. The molecule has 1 aromatic carbocycles. The van der Waals surface area contributed by atoms with Gasteiger partial charge in [-0.15, -0.1) is 0 Å². The number of nitrogens with one attached hydrogen (secondary N) is 1. The minimum atomic E-state index is -0.879. The first-order valence-electron chi connectivity index (χ1n) is 9.12. The van der Waals surface area contributed by atoms with Gasteiger partial charge in [0.25, 0.3) is 11.8 Å². The van der Waals surface area contributed by atoms with E-state index >= 15 is 0 Å². The van der Waals surface area contributed by atoms with Gasteiger partial charge >= 0.3 is 5.97 Å². The number of carbonyl (C=O) groups excluding carboxylic acids is 3. The van der Waals surface area contributed by atoms with E-state index in [4.69, 9.17) is 4.74 Å². The molecule has 8 heteroatoms. The molecule has 1 aromatic rings. The van der Waals surface area contributed by atoms with Crippen LogP contribution in [0, 0.1) is 11.3 Å². The Morgan fingerprint density at radius 3 is 2.43 bits per heavy atom. The number of hydrogen-bond donors (Lipinski definition) is 1. The second kappa shape index (κ2) is 8.21. The maximum Gasteiger partial charge on any atom is 0.370 e. The first kappa shape index (κ1) is 21.1.